The highest BCUT2D eigenvalue weighted by atomic mass is 16.3. The molecule has 0 aliphatic rings. The second-order valence-corrected chi connectivity index (χ2v) is 4.61. The molecule has 90 valence electrons. The second-order valence-electron chi connectivity index (χ2n) is 4.61. The number of carbonyl (C=O) groups excluding carboxylic acids is 1. The van der Waals surface area contributed by atoms with Crippen LogP contribution in [0.1, 0.15) is 34.1 Å². The Labute approximate surface area is 92.4 Å². The van der Waals surface area contributed by atoms with Gasteiger partial charge in [0, 0.05) is 19.2 Å². The highest BCUT2D eigenvalue weighted by molar-refractivity contribution is 5.74. The van der Waals surface area contributed by atoms with Gasteiger partial charge in [0.05, 0.1) is 0 Å². The third-order valence-corrected chi connectivity index (χ3v) is 2.23. The van der Waals surface area contributed by atoms with Gasteiger partial charge in [-0.2, -0.15) is 0 Å². The van der Waals surface area contributed by atoms with Crippen molar-refractivity contribution in [1.29, 1.82) is 0 Å². The predicted molar refractivity (Wildman–Crippen MR) is 61.7 cm³/mol. The number of aliphatic hydroxyl groups excluding tert-OH is 1. The molecular formula is C11H24N2O2. The number of rotatable bonds is 6. The average Bonchev–Trinajstić information content (AvgIpc) is 2.14. The molecule has 0 radical (unpaired) electrons. The molecule has 0 aromatic carbocycles. The van der Waals surface area contributed by atoms with Gasteiger partial charge in [-0.05, 0) is 18.3 Å². The van der Waals surface area contributed by atoms with Crippen LogP contribution in [0.15, 0.2) is 0 Å². The third-order valence-electron chi connectivity index (χ3n) is 2.23. The van der Waals surface area contributed by atoms with E-state index in [-0.39, 0.29) is 18.7 Å². The maximum absolute atomic E-state index is 11.4. The summed E-state index contributed by atoms with van der Waals surface area (Å²) in [5.41, 5.74) is 0. The standard InChI is InChI=1S/C11H24N2O2/c1-8(2)7-12-11(15)13-10(5-6-14)9(3)4/h8-10,14H,5-7H2,1-4H3,(H2,12,13,15). The molecule has 0 aromatic heterocycles. The van der Waals surface area contributed by atoms with E-state index >= 15 is 0 Å². The molecule has 0 rings (SSSR count). The van der Waals surface area contributed by atoms with Gasteiger partial charge in [-0.3, -0.25) is 0 Å². The van der Waals surface area contributed by atoms with Crippen molar-refractivity contribution in [2.45, 2.75) is 40.2 Å². The van der Waals surface area contributed by atoms with Crippen molar-refractivity contribution in [3.8, 4) is 0 Å². The van der Waals surface area contributed by atoms with Gasteiger partial charge >= 0.3 is 6.03 Å². The predicted octanol–water partition coefficient (Wildman–Crippen LogP) is 1.35. The number of hydrogen-bond acceptors (Lipinski definition) is 2. The van der Waals surface area contributed by atoms with Crippen molar-refractivity contribution < 1.29 is 9.90 Å². The van der Waals surface area contributed by atoms with Crippen LogP contribution in [-0.4, -0.2) is 30.3 Å². The van der Waals surface area contributed by atoms with Crippen LogP contribution in [0.5, 0.6) is 0 Å². The van der Waals surface area contributed by atoms with Crippen molar-refractivity contribution in [3.05, 3.63) is 0 Å². The van der Waals surface area contributed by atoms with E-state index in [2.05, 4.69) is 10.6 Å². The number of nitrogens with one attached hydrogen (secondary N) is 2. The molecule has 0 aliphatic carbocycles. The Kier molecular flexibility index (Phi) is 7.13. The smallest absolute Gasteiger partial charge is 0.315 e. The summed E-state index contributed by atoms with van der Waals surface area (Å²) in [5, 5.41) is 14.5. The highest BCUT2D eigenvalue weighted by Gasteiger charge is 2.15. The zero-order valence-corrected chi connectivity index (χ0v) is 10.2. The monoisotopic (exact) mass is 216 g/mol. The summed E-state index contributed by atoms with van der Waals surface area (Å²) in [6.07, 6.45) is 0.604. The minimum absolute atomic E-state index is 0.0437. The van der Waals surface area contributed by atoms with Crippen molar-refractivity contribution in [2.75, 3.05) is 13.2 Å². The Hall–Kier alpha value is -0.770. The molecule has 1 atom stereocenters. The Morgan fingerprint density at radius 3 is 2.27 bits per heavy atom. The van der Waals surface area contributed by atoms with Crippen molar-refractivity contribution in [1.82, 2.24) is 10.6 Å². The Morgan fingerprint density at radius 1 is 1.27 bits per heavy atom. The summed E-state index contributed by atoms with van der Waals surface area (Å²) < 4.78 is 0. The van der Waals surface area contributed by atoms with Crippen LogP contribution >= 0.6 is 0 Å². The summed E-state index contributed by atoms with van der Waals surface area (Å²) in [6.45, 7) is 8.94. The fourth-order valence-corrected chi connectivity index (χ4v) is 1.23. The van der Waals surface area contributed by atoms with Crippen LogP contribution in [0.25, 0.3) is 0 Å². The normalized spacial score (nSPS) is 13.0. The zero-order chi connectivity index (χ0) is 11.8. The van der Waals surface area contributed by atoms with Gasteiger partial charge in [-0.1, -0.05) is 27.7 Å². The topological polar surface area (TPSA) is 61.4 Å². The fraction of sp³-hybridized carbons (Fsp3) is 0.909. The van der Waals surface area contributed by atoms with Crippen LogP contribution in [0.2, 0.25) is 0 Å². The lowest BCUT2D eigenvalue weighted by molar-refractivity contribution is 0.218. The lowest BCUT2D eigenvalue weighted by Gasteiger charge is -2.22. The SMILES string of the molecule is CC(C)CNC(=O)NC(CCO)C(C)C. The van der Waals surface area contributed by atoms with Crippen LogP contribution in [0.3, 0.4) is 0 Å². The van der Waals surface area contributed by atoms with E-state index in [1.54, 1.807) is 0 Å². The first kappa shape index (κ1) is 14.2. The molecule has 0 bridgehead atoms. The highest BCUT2D eigenvalue weighted by Crippen LogP contribution is 2.05. The summed E-state index contributed by atoms with van der Waals surface area (Å²) in [7, 11) is 0. The van der Waals surface area contributed by atoms with Crippen molar-refractivity contribution in [2.24, 2.45) is 11.8 Å². The number of urea groups is 1. The van der Waals surface area contributed by atoms with Crippen LogP contribution < -0.4 is 10.6 Å². The Bertz CT molecular complexity index is 181. The van der Waals surface area contributed by atoms with Gasteiger partial charge in [0.25, 0.3) is 0 Å². The molecule has 0 heterocycles. The van der Waals surface area contributed by atoms with E-state index < -0.39 is 0 Å². The molecule has 4 heteroatoms. The van der Waals surface area contributed by atoms with E-state index in [1.807, 2.05) is 27.7 Å². The molecule has 0 aliphatic heterocycles. The van der Waals surface area contributed by atoms with E-state index in [0.717, 1.165) is 0 Å². The van der Waals surface area contributed by atoms with Gasteiger partial charge < -0.3 is 15.7 Å². The lowest BCUT2D eigenvalue weighted by Crippen LogP contribution is -2.45. The van der Waals surface area contributed by atoms with Crippen LogP contribution in [-0.2, 0) is 0 Å². The number of aliphatic hydroxyl groups is 1. The van der Waals surface area contributed by atoms with Gasteiger partial charge in [0.2, 0.25) is 0 Å². The summed E-state index contributed by atoms with van der Waals surface area (Å²) in [6, 6.07) is -0.0991. The van der Waals surface area contributed by atoms with E-state index in [1.165, 1.54) is 0 Å². The minimum atomic E-state index is -0.143. The second kappa shape index (κ2) is 7.51. The largest absolute Gasteiger partial charge is 0.396 e. The maximum Gasteiger partial charge on any atom is 0.315 e. The number of hydrogen-bond donors (Lipinski definition) is 3. The third kappa shape index (κ3) is 7.19. The molecule has 15 heavy (non-hydrogen) atoms. The van der Waals surface area contributed by atoms with Gasteiger partial charge in [0.1, 0.15) is 0 Å². The number of carbonyl (C=O) groups is 1. The Morgan fingerprint density at radius 2 is 1.87 bits per heavy atom. The fourth-order valence-electron chi connectivity index (χ4n) is 1.23. The molecule has 1 unspecified atom stereocenters. The van der Waals surface area contributed by atoms with Crippen LogP contribution in [0.4, 0.5) is 4.79 Å². The molecule has 0 spiro atoms. The molecule has 2 amide bonds. The summed E-state index contributed by atoms with van der Waals surface area (Å²) in [4.78, 5) is 11.4. The van der Waals surface area contributed by atoms with Crippen molar-refractivity contribution in [3.63, 3.8) is 0 Å². The molecular weight excluding hydrogens is 192 g/mol. The first-order chi connectivity index (χ1) is 6.97. The molecule has 0 saturated carbocycles. The van der Waals surface area contributed by atoms with E-state index in [0.29, 0.717) is 24.8 Å². The molecule has 0 fully saturated rings. The van der Waals surface area contributed by atoms with E-state index in [9.17, 15) is 4.79 Å². The van der Waals surface area contributed by atoms with Gasteiger partial charge in [0.15, 0.2) is 0 Å². The van der Waals surface area contributed by atoms with Crippen molar-refractivity contribution >= 4 is 6.03 Å². The molecule has 4 nitrogen and oxygen atoms in total. The maximum atomic E-state index is 11.4. The first-order valence-electron chi connectivity index (χ1n) is 5.62. The molecule has 0 aromatic rings. The summed E-state index contributed by atoms with van der Waals surface area (Å²) >= 11 is 0. The number of amides is 2. The zero-order valence-electron chi connectivity index (χ0n) is 10.2. The van der Waals surface area contributed by atoms with E-state index in [4.69, 9.17) is 5.11 Å². The van der Waals surface area contributed by atoms with Gasteiger partial charge in [-0.25, -0.2) is 4.79 Å². The first-order valence-corrected chi connectivity index (χ1v) is 5.62. The molecule has 0 saturated heterocycles. The van der Waals surface area contributed by atoms with Gasteiger partial charge in [-0.15, -0.1) is 0 Å². The quantitative estimate of drug-likeness (QED) is 0.627. The lowest BCUT2D eigenvalue weighted by atomic mass is 10.0. The molecule has 3 N–H and O–H groups in total. The van der Waals surface area contributed by atoms with Crippen LogP contribution in [0, 0.1) is 11.8 Å². The minimum Gasteiger partial charge on any atom is -0.396 e. The average molecular weight is 216 g/mol. The Balaban J connectivity index is 3.89. The summed E-state index contributed by atoms with van der Waals surface area (Å²) in [5.74, 6) is 0.785.